The van der Waals surface area contributed by atoms with Crippen molar-refractivity contribution in [3.05, 3.63) is 81.7 Å². The van der Waals surface area contributed by atoms with Gasteiger partial charge in [-0.1, -0.05) is 35.3 Å². The van der Waals surface area contributed by atoms with E-state index < -0.39 is 17.9 Å². The van der Waals surface area contributed by atoms with Crippen molar-refractivity contribution in [2.75, 3.05) is 4.90 Å². The molecule has 3 amide bonds. The summed E-state index contributed by atoms with van der Waals surface area (Å²) in [5.41, 5.74) is 0.938. The number of nitrogens with zero attached hydrogens (tertiary/aromatic N) is 1. The molecule has 30 heavy (non-hydrogen) atoms. The molecule has 9 heteroatoms. The molecule has 1 aromatic heterocycles. The number of halogens is 2. The molecule has 2 heterocycles. The highest BCUT2D eigenvalue weighted by Gasteiger charge is 2.35. The van der Waals surface area contributed by atoms with Gasteiger partial charge in [0.2, 0.25) is 0 Å². The summed E-state index contributed by atoms with van der Waals surface area (Å²) in [5.74, 6) is -0.936. The molecule has 1 fully saturated rings. The van der Waals surface area contributed by atoms with E-state index in [1.807, 2.05) is 0 Å². The van der Waals surface area contributed by atoms with Gasteiger partial charge in [-0.05, 0) is 42.5 Å². The number of carboxylic acids is 1. The van der Waals surface area contributed by atoms with Crippen molar-refractivity contribution in [1.29, 1.82) is 0 Å². The first-order valence-corrected chi connectivity index (χ1v) is 9.35. The normalized spacial score (nSPS) is 15.0. The Morgan fingerprint density at radius 1 is 1.07 bits per heavy atom. The standard InChI is InChI=1S/C21H12Cl2N2O5/c22-12-2-1-3-13(9-12)25-19(26)17(24-21(25)29)10-14-5-7-18(30-14)11-4-6-15(20(27)28)16(23)8-11/h1-10H,(H,24,29)(H,27,28)/b17-10+. The number of carbonyl (C=O) groups is 3. The molecule has 0 atom stereocenters. The lowest BCUT2D eigenvalue weighted by molar-refractivity contribution is -0.113. The summed E-state index contributed by atoms with van der Waals surface area (Å²) in [7, 11) is 0. The first-order valence-electron chi connectivity index (χ1n) is 8.59. The molecule has 0 spiro atoms. The summed E-state index contributed by atoms with van der Waals surface area (Å²) in [6.07, 6.45) is 1.40. The quantitative estimate of drug-likeness (QED) is 0.434. The summed E-state index contributed by atoms with van der Waals surface area (Å²) >= 11 is 11.9. The number of anilines is 1. The lowest BCUT2D eigenvalue weighted by Gasteiger charge is -2.11. The van der Waals surface area contributed by atoms with Crippen molar-refractivity contribution in [1.82, 2.24) is 5.32 Å². The summed E-state index contributed by atoms with van der Waals surface area (Å²) in [6, 6.07) is 13.5. The average molecular weight is 443 g/mol. The Bertz CT molecular complexity index is 1230. The second kappa shape index (κ2) is 7.70. The highest BCUT2D eigenvalue weighted by Crippen LogP contribution is 2.29. The third-order valence-corrected chi connectivity index (χ3v) is 4.89. The number of nitrogens with one attached hydrogen (secondary N) is 1. The van der Waals surface area contributed by atoms with Crippen molar-refractivity contribution in [3.8, 4) is 11.3 Å². The van der Waals surface area contributed by atoms with Crippen LogP contribution in [0, 0.1) is 0 Å². The van der Waals surface area contributed by atoms with Crippen molar-refractivity contribution < 1.29 is 23.9 Å². The number of hydrogen-bond donors (Lipinski definition) is 2. The van der Waals surface area contributed by atoms with Crippen molar-refractivity contribution in [2.45, 2.75) is 0 Å². The number of urea groups is 1. The third kappa shape index (κ3) is 3.68. The van der Waals surface area contributed by atoms with Crippen LogP contribution in [0.15, 0.2) is 64.7 Å². The van der Waals surface area contributed by atoms with E-state index >= 15 is 0 Å². The fourth-order valence-electron chi connectivity index (χ4n) is 2.95. The van der Waals surface area contributed by atoms with Gasteiger partial charge < -0.3 is 14.8 Å². The van der Waals surface area contributed by atoms with E-state index in [1.54, 1.807) is 36.4 Å². The second-order valence-electron chi connectivity index (χ2n) is 6.31. The molecular weight excluding hydrogens is 431 g/mol. The van der Waals surface area contributed by atoms with Crippen LogP contribution in [0.3, 0.4) is 0 Å². The molecule has 0 bridgehead atoms. The van der Waals surface area contributed by atoms with Crippen LogP contribution in [0.4, 0.5) is 10.5 Å². The number of aromatic carboxylic acids is 1. The smallest absolute Gasteiger partial charge is 0.337 e. The summed E-state index contributed by atoms with van der Waals surface area (Å²) < 4.78 is 5.71. The molecule has 1 saturated heterocycles. The molecule has 0 aliphatic carbocycles. The van der Waals surface area contributed by atoms with Gasteiger partial charge in [0, 0.05) is 16.7 Å². The second-order valence-corrected chi connectivity index (χ2v) is 7.15. The molecule has 3 aromatic rings. The van der Waals surface area contributed by atoms with Gasteiger partial charge in [-0.25, -0.2) is 14.5 Å². The molecule has 4 rings (SSSR count). The maximum absolute atomic E-state index is 12.7. The molecule has 0 unspecified atom stereocenters. The van der Waals surface area contributed by atoms with Crippen molar-refractivity contribution in [2.24, 2.45) is 0 Å². The van der Waals surface area contributed by atoms with Crippen LogP contribution in [0.1, 0.15) is 16.1 Å². The van der Waals surface area contributed by atoms with Crippen molar-refractivity contribution >= 4 is 52.9 Å². The molecule has 1 aliphatic rings. The topological polar surface area (TPSA) is 99.9 Å². The van der Waals surface area contributed by atoms with Crippen LogP contribution in [0.5, 0.6) is 0 Å². The van der Waals surface area contributed by atoms with Gasteiger partial charge in [-0.3, -0.25) is 4.79 Å². The fraction of sp³-hybridized carbons (Fsp3) is 0. The fourth-order valence-corrected chi connectivity index (χ4v) is 3.40. The minimum absolute atomic E-state index is 0.0188. The van der Waals surface area contributed by atoms with E-state index in [9.17, 15) is 14.4 Å². The van der Waals surface area contributed by atoms with Crippen LogP contribution in [0.2, 0.25) is 10.0 Å². The number of carboxylic acid groups (broad SMARTS) is 1. The molecule has 2 N–H and O–H groups in total. The Balaban J connectivity index is 1.60. The zero-order valence-electron chi connectivity index (χ0n) is 15.1. The van der Waals surface area contributed by atoms with E-state index in [-0.39, 0.29) is 16.3 Å². The molecule has 1 aliphatic heterocycles. The van der Waals surface area contributed by atoms with Gasteiger partial charge in [0.25, 0.3) is 5.91 Å². The number of hydrogen-bond acceptors (Lipinski definition) is 4. The molecule has 0 saturated carbocycles. The molecule has 2 aromatic carbocycles. The van der Waals surface area contributed by atoms with Crippen LogP contribution < -0.4 is 10.2 Å². The Hall–Kier alpha value is -3.55. The van der Waals surface area contributed by atoms with E-state index in [2.05, 4.69) is 5.32 Å². The van der Waals surface area contributed by atoms with E-state index in [4.69, 9.17) is 32.7 Å². The van der Waals surface area contributed by atoms with Gasteiger partial charge in [-0.2, -0.15) is 0 Å². The number of carbonyl (C=O) groups excluding carboxylic acids is 2. The van der Waals surface area contributed by atoms with Crippen LogP contribution >= 0.6 is 23.2 Å². The highest BCUT2D eigenvalue weighted by atomic mass is 35.5. The minimum atomic E-state index is -1.13. The lowest BCUT2D eigenvalue weighted by atomic mass is 10.1. The number of benzene rings is 2. The Morgan fingerprint density at radius 3 is 2.57 bits per heavy atom. The Morgan fingerprint density at radius 2 is 1.87 bits per heavy atom. The maximum Gasteiger partial charge on any atom is 0.337 e. The maximum atomic E-state index is 12.7. The predicted octanol–water partition coefficient (Wildman–Crippen LogP) is 5.05. The number of furan rings is 1. The third-order valence-electron chi connectivity index (χ3n) is 4.34. The summed E-state index contributed by atoms with van der Waals surface area (Å²) in [6.45, 7) is 0. The number of imide groups is 1. The van der Waals surface area contributed by atoms with Crippen LogP contribution in [-0.2, 0) is 4.79 Å². The van der Waals surface area contributed by atoms with Gasteiger partial charge in [0.15, 0.2) is 0 Å². The van der Waals surface area contributed by atoms with Gasteiger partial charge >= 0.3 is 12.0 Å². The number of amides is 3. The van der Waals surface area contributed by atoms with Gasteiger partial charge in [0.1, 0.15) is 17.2 Å². The van der Waals surface area contributed by atoms with E-state index in [0.29, 0.717) is 27.8 Å². The molecule has 7 nitrogen and oxygen atoms in total. The summed E-state index contributed by atoms with van der Waals surface area (Å²) in [5, 5.41) is 12.0. The van der Waals surface area contributed by atoms with Gasteiger partial charge in [0.05, 0.1) is 16.3 Å². The average Bonchev–Trinajstić information content (AvgIpc) is 3.26. The van der Waals surface area contributed by atoms with E-state index in [0.717, 1.165) is 4.90 Å². The zero-order valence-corrected chi connectivity index (χ0v) is 16.6. The largest absolute Gasteiger partial charge is 0.478 e. The Kier molecular flexibility index (Phi) is 5.07. The van der Waals surface area contributed by atoms with E-state index in [1.165, 1.54) is 24.3 Å². The summed E-state index contributed by atoms with van der Waals surface area (Å²) in [4.78, 5) is 37.0. The highest BCUT2D eigenvalue weighted by molar-refractivity contribution is 6.34. The first kappa shape index (κ1) is 19.8. The predicted molar refractivity (Wildman–Crippen MR) is 112 cm³/mol. The lowest BCUT2D eigenvalue weighted by Crippen LogP contribution is -2.30. The molecular formula is C21H12Cl2N2O5. The monoisotopic (exact) mass is 442 g/mol. The minimum Gasteiger partial charge on any atom is -0.478 e. The SMILES string of the molecule is O=C(O)c1ccc(-c2ccc(/C=C3/NC(=O)N(c4cccc(Cl)c4)C3=O)o2)cc1Cl. The van der Waals surface area contributed by atoms with Crippen molar-refractivity contribution in [3.63, 3.8) is 0 Å². The number of rotatable bonds is 4. The van der Waals surface area contributed by atoms with Crippen LogP contribution in [0.25, 0.3) is 17.4 Å². The Labute approximate surface area is 180 Å². The van der Waals surface area contributed by atoms with Crippen LogP contribution in [-0.4, -0.2) is 23.0 Å². The van der Waals surface area contributed by atoms with Gasteiger partial charge in [-0.15, -0.1) is 0 Å². The molecule has 150 valence electrons. The molecule has 0 radical (unpaired) electrons. The zero-order chi connectivity index (χ0) is 21.4. The first-order chi connectivity index (χ1) is 14.3.